The number of amides is 2. The number of likely N-dealkylation sites (tertiary alicyclic amines) is 1. The minimum Gasteiger partial charge on any atom is -0.392 e. The highest BCUT2D eigenvalue weighted by Gasteiger charge is 2.63. The highest BCUT2D eigenvalue weighted by atomic mass is 16.3. The first-order valence-corrected chi connectivity index (χ1v) is 6.94. The molecule has 20 heavy (non-hydrogen) atoms. The van der Waals surface area contributed by atoms with Gasteiger partial charge in [0.2, 0.25) is 11.8 Å². The number of nitrogens with zero attached hydrogens (tertiary/aromatic N) is 1. The molecule has 2 fully saturated rings. The van der Waals surface area contributed by atoms with E-state index < -0.39 is 6.10 Å². The number of aliphatic hydroxyl groups excluding tert-OH is 1. The second-order valence-corrected chi connectivity index (χ2v) is 5.83. The van der Waals surface area contributed by atoms with Crippen molar-refractivity contribution in [1.82, 2.24) is 4.90 Å². The fourth-order valence-electron chi connectivity index (χ4n) is 3.91. The lowest BCUT2D eigenvalue weighted by atomic mass is 9.85. The van der Waals surface area contributed by atoms with Crippen LogP contribution in [0.3, 0.4) is 0 Å². The van der Waals surface area contributed by atoms with Crippen LogP contribution < -0.4 is 0 Å². The van der Waals surface area contributed by atoms with Gasteiger partial charge in [0.1, 0.15) is 0 Å². The largest absolute Gasteiger partial charge is 0.392 e. The molecule has 102 valence electrons. The lowest BCUT2D eigenvalue weighted by Gasteiger charge is -2.19. The molecule has 1 aromatic rings. The maximum atomic E-state index is 12.5. The third kappa shape index (κ3) is 1.40. The van der Waals surface area contributed by atoms with Crippen molar-refractivity contribution in [2.75, 3.05) is 0 Å². The number of carbonyl (C=O) groups is 2. The van der Waals surface area contributed by atoms with Gasteiger partial charge in [-0.2, -0.15) is 0 Å². The molecular weight excluding hydrogens is 254 g/mol. The SMILES string of the molecule is O=C1[C@@H]2[C@H](C(=O)N1Cc1ccccc1)[C@@H]1C=C[C@H]2C1O. The second-order valence-electron chi connectivity index (χ2n) is 5.83. The van der Waals surface area contributed by atoms with Gasteiger partial charge in [-0.25, -0.2) is 0 Å². The molecule has 4 rings (SSSR count). The number of hydrogen-bond donors (Lipinski definition) is 1. The Kier molecular flexibility index (Phi) is 2.39. The molecule has 0 radical (unpaired) electrons. The maximum absolute atomic E-state index is 12.5. The monoisotopic (exact) mass is 269 g/mol. The van der Waals surface area contributed by atoms with Gasteiger partial charge in [0, 0.05) is 11.8 Å². The number of aliphatic hydroxyl groups is 1. The van der Waals surface area contributed by atoms with E-state index in [2.05, 4.69) is 0 Å². The lowest BCUT2D eigenvalue weighted by Crippen LogP contribution is -2.34. The van der Waals surface area contributed by atoms with Gasteiger partial charge in [-0.05, 0) is 5.56 Å². The Morgan fingerprint density at radius 2 is 1.50 bits per heavy atom. The van der Waals surface area contributed by atoms with Crippen LogP contribution in [0.15, 0.2) is 42.5 Å². The van der Waals surface area contributed by atoms with Crippen LogP contribution in [0.5, 0.6) is 0 Å². The smallest absolute Gasteiger partial charge is 0.234 e. The fraction of sp³-hybridized carbons (Fsp3) is 0.375. The molecule has 2 aliphatic carbocycles. The van der Waals surface area contributed by atoms with Gasteiger partial charge in [-0.1, -0.05) is 42.5 Å². The molecule has 0 aromatic heterocycles. The summed E-state index contributed by atoms with van der Waals surface area (Å²) in [6.07, 6.45) is 3.23. The average molecular weight is 269 g/mol. The summed E-state index contributed by atoms with van der Waals surface area (Å²) >= 11 is 0. The summed E-state index contributed by atoms with van der Waals surface area (Å²) in [5.74, 6) is -1.31. The van der Waals surface area contributed by atoms with Crippen molar-refractivity contribution in [3.63, 3.8) is 0 Å². The fourth-order valence-corrected chi connectivity index (χ4v) is 3.91. The minimum atomic E-state index is -0.559. The van der Waals surface area contributed by atoms with Crippen LogP contribution in [0, 0.1) is 23.7 Å². The zero-order chi connectivity index (χ0) is 13.9. The van der Waals surface area contributed by atoms with Gasteiger partial charge in [-0.3, -0.25) is 14.5 Å². The van der Waals surface area contributed by atoms with Gasteiger partial charge in [0.25, 0.3) is 0 Å². The molecule has 1 heterocycles. The lowest BCUT2D eigenvalue weighted by molar-refractivity contribution is -0.142. The topological polar surface area (TPSA) is 57.6 Å². The van der Waals surface area contributed by atoms with E-state index in [4.69, 9.17) is 0 Å². The van der Waals surface area contributed by atoms with Crippen LogP contribution >= 0.6 is 0 Å². The van der Waals surface area contributed by atoms with E-state index in [1.54, 1.807) is 0 Å². The van der Waals surface area contributed by atoms with E-state index in [1.165, 1.54) is 4.90 Å². The first kappa shape index (κ1) is 11.9. The van der Waals surface area contributed by atoms with Crippen LogP contribution in [-0.2, 0) is 16.1 Å². The Hall–Kier alpha value is -1.94. The van der Waals surface area contributed by atoms with E-state index in [9.17, 15) is 14.7 Å². The van der Waals surface area contributed by atoms with E-state index in [1.807, 2.05) is 42.5 Å². The van der Waals surface area contributed by atoms with Crippen LogP contribution in [-0.4, -0.2) is 27.9 Å². The number of fused-ring (bicyclic) bond motifs is 5. The molecule has 4 heteroatoms. The van der Waals surface area contributed by atoms with Gasteiger partial charge < -0.3 is 5.11 Å². The summed E-state index contributed by atoms with van der Waals surface area (Å²) in [6.45, 7) is 0.334. The summed E-state index contributed by atoms with van der Waals surface area (Å²) in [6, 6.07) is 9.53. The molecule has 5 atom stereocenters. The van der Waals surface area contributed by atoms with Crippen LogP contribution in [0.1, 0.15) is 5.56 Å². The van der Waals surface area contributed by atoms with Crippen LogP contribution in [0.2, 0.25) is 0 Å². The number of imide groups is 1. The van der Waals surface area contributed by atoms with Gasteiger partial charge in [-0.15, -0.1) is 0 Å². The first-order valence-electron chi connectivity index (χ1n) is 6.94. The summed E-state index contributed by atoms with van der Waals surface area (Å²) in [4.78, 5) is 26.4. The summed E-state index contributed by atoms with van der Waals surface area (Å²) in [7, 11) is 0. The number of benzene rings is 1. The van der Waals surface area contributed by atoms with Crippen molar-refractivity contribution in [2.45, 2.75) is 12.6 Å². The molecular formula is C16H15NO3. The summed E-state index contributed by atoms with van der Waals surface area (Å²) in [5, 5.41) is 10.1. The molecule has 1 aromatic carbocycles. The van der Waals surface area contributed by atoms with Gasteiger partial charge in [0.15, 0.2) is 0 Å². The third-order valence-corrected chi connectivity index (χ3v) is 4.85. The number of carbonyl (C=O) groups excluding carboxylic acids is 2. The third-order valence-electron chi connectivity index (χ3n) is 4.85. The predicted molar refractivity (Wildman–Crippen MR) is 71.1 cm³/mol. The normalized spacial score (nSPS) is 37.9. The molecule has 4 nitrogen and oxygen atoms in total. The van der Waals surface area contributed by atoms with Gasteiger partial charge >= 0.3 is 0 Å². The Labute approximate surface area is 116 Å². The van der Waals surface area contributed by atoms with Crippen molar-refractivity contribution in [1.29, 1.82) is 0 Å². The summed E-state index contributed by atoms with van der Waals surface area (Å²) in [5.41, 5.74) is 0.954. The summed E-state index contributed by atoms with van der Waals surface area (Å²) < 4.78 is 0. The van der Waals surface area contributed by atoms with Gasteiger partial charge in [0.05, 0.1) is 24.5 Å². The highest BCUT2D eigenvalue weighted by Crippen LogP contribution is 2.52. The predicted octanol–water partition coefficient (Wildman–Crippen LogP) is 0.964. The second kappa shape index (κ2) is 4.03. The molecule has 2 bridgehead atoms. The maximum Gasteiger partial charge on any atom is 0.234 e. The van der Waals surface area contributed by atoms with E-state index >= 15 is 0 Å². The zero-order valence-corrected chi connectivity index (χ0v) is 10.8. The standard InChI is InChI=1S/C16H15NO3/c18-14-10-6-7-11(14)13-12(10)15(19)17(16(13)20)8-9-4-2-1-3-5-9/h1-7,10-14,18H,8H2/t10-,11+,12+,13-,14?. The van der Waals surface area contributed by atoms with E-state index in [0.717, 1.165) is 5.56 Å². The Morgan fingerprint density at radius 1 is 0.950 bits per heavy atom. The number of rotatable bonds is 2. The molecule has 1 unspecified atom stereocenters. The van der Waals surface area contributed by atoms with Crippen LogP contribution in [0.25, 0.3) is 0 Å². The zero-order valence-electron chi connectivity index (χ0n) is 10.8. The molecule has 1 N–H and O–H groups in total. The molecule has 2 amide bonds. The first-order chi connectivity index (χ1) is 9.68. The molecule has 0 spiro atoms. The Balaban J connectivity index is 1.63. The molecule has 1 aliphatic heterocycles. The molecule has 1 saturated heterocycles. The minimum absolute atomic E-state index is 0.125. The average Bonchev–Trinajstić information content (AvgIpc) is 3.05. The van der Waals surface area contributed by atoms with Crippen molar-refractivity contribution < 1.29 is 14.7 Å². The quantitative estimate of drug-likeness (QED) is 0.643. The van der Waals surface area contributed by atoms with Crippen LogP contribution in [0.4, 0.5) is 0 Å². The highest BCUT2D eigenvalue weighted by molar-refractivity contribution is 6.06. The van der Waals surface area contributed by atoms with Crippen molar-refractivity contribution in [3.8, 4) is 0 Å². The van der Waals surface area contributed by atoms with Crippen molar-refractivity contribution in [3.05, 3.63) is 48.0 Å². The Bertz CT molecular complexity index is 577. The van der Waals surface area contributed by atoms with E-state index in [-0.39, 0.29) is 35.5 Å². The van der Waals surface area contributed by atoms with E-state index in [0.29, 0.717) is 6.54 Å². The molecule has 3 aliphatic rings. The molecule has 1 saturated carbocycles. The van der Waals surface area contributed by atoms with Crippen molar-refractivity contribution in [2.24, 2.45) is 23.7 Å². The van der Waals surface area contributed by atoms with Crippen molar-refractivity contribution >= 4 is 11.8 Å². The number of hydrogen-bond acceptors (Lipinski definition) is 3. The Morgan fingerprint density at radius 3 is 2.05 bits per heavy atom.